The minimum Gasteiger partial charge on any atom is -0.465 e. The molecule has 1 heterocycles. The van der Waals surface area contributed by atoms with Crippen LogP contribution in [0.25, 0.3) is 0 Å². The van der Waals surface area contributed by atoms with E-state index in [4.69, 9.17) is 9.47 Å². The lowest BCUT2D eigenvalue weighted by Crippen LogP contribution is -2.40. The van der Waals surface area contributed by atoms with Gasteiger partial charge in [0.05, 0.1) is 31.0 Å². The molecule has 1 saturated heterocycles. The van der Waals surface area contributed by atoms with E-state index in [9.17, 15) is 19.8 Å². The first-order valence-corrected chi connectivity index (χ1v) is 33.3. The molecule has 6 nitrogen and oxygen atoms in total. The molecule has 1 rings (SSSR count). The van der Waals surface area contributed by atoms with Crippen molar-refractivity contribution in [1.29, 1.82) is 0 Å². The summed E-state index contributed by atoms with van der Waals surface area (Å²) in [6, 6.07) is 0. The van der Waals surface area contributed by atoms with Crippen molar-refractivity contribution in [2.45, 2.75) is 366 Å². The van der Waals surface area contributed by atoms with Crippen molar-refractivity contribution in [3.63, 3.8) is 0 Å². The summed E-state index contributed by atoms with van der Waals surface area (Å²) in [5.41, 5.74) is -1.13. The van der Waals surface area contributed by atoms with Crippen LogP contribution in [0.2, 0.25) is 0 Å². The third kappa shape index (κ3) is 48.7. The highest BCUT2D eigenvalue weighted by Gasteiger charge is 2.36. The van der Waals surface area contributed by atoms with Gasteiger partial charge >= 0.3 is 11.9 Å². The van der Waals surface area contributed by atoms with Gasteiger partial charge in [-0.2, -0.15) is 0 Å². The maximum Gasteiger partial charge on any atom is 0.309 e. The van der Waals surface area contributed by atoms with E-state index in [1.807, 2.05) is 0 Å². The van der Waals surface area contributed by atoms with Gasteiger partial charge in [-0.3, -0.25) is 9.59 Å². The topological polar surface area (TPSA) is 93.1 Å². The van der Waals surface area contributed by atoms with Gasteiger partial charge in [-0.1, -0.05) is 340 Å². The summed E-state index contributed by atoms with van der Waals surface area (Å²) in [5, 5.41) is 19.2. The minimum absolute atomic E-state index is 0.000813. The van der Waals surface area contributed by atoms with Crippen molar-refractivity contribution in [2.75, 3.05) is 26.4 Å². The number of ether oxygens (including phenoxy) is 2. The minimum atomic E-state index is -1.13. The van der Waals surface area contributed by atoms with E-state index in [1.54, 1.807) is 0 Å². The summed E-state index contributed by atoms with van der Waals surface area (Å²) in [6.45, 7) is 1.20. The number of hydrogen-bond donors (Lipinski definition) is 2. The number of carbonyl (C=O) groups excluding carboxylic acids is 2. The highest BCUT2D eigenvalue weighted by molar-refractivity contribution is 5.80. The van der Waals surface area contributed by atoms with Gasteiger partial charge in [-0.05, 0) is 32.1 Å². The van der Waals surface area contributed by atoms with Gasteiger partial charge in [0.25, 0.3) is 0 Å². The summed E-state index contributed by atoms with van der Waals surface area (Å²) in [7, 11) is 0. The molecule has 6 heteroatoms. The molecular weight excluding hydrogens is 901 g/mol. The zero-order valence-electron chi connectivity index (χ0n) is 49.2. The van der Waals surface area contributed by atoms with Gasteiger partial charge in [0, 0.05) is 0 Å². The Labute approximate surface area is 455 Å². The van der Waals surface area contributed by atoms with E-state index >= 15 is 0 Å². The second kappa shape index (κ2) is 56.8. The summed E-state index contributed by atoms with van der Waals surface area (Å²) >= 11 is 0. The van der Waals surface area contributed by atoms with Crippen LogP contribution in [0.4, 0.5) is 0 Å². The Bertz CT molecular complexity index is 1150. The number of aliphatic hydroxyl groups excluding tert-OH is 2. The number of carbonyl (C=O) groups is 2. The third-order valence-corrected chi connectivity index (χ3v) is 16.5. The normalized spacial score (nSPS) is 15.2. The van der Waals surface area contributed by atoms with Gasteiger partial charge in [0.2, 0.25) is 0 Å². The fourth-order valence-electron chi connectivity index (χ4n) is 11.1. The maximum atomic E-state index is 12.5. The Balaban J connectivity index is 1.68. The van der Waals surface area contributed by atoms with Crippen LogP contribution in [0.3, 0.4) is 0 Å². The van der Waals surface area contributed by atoms with E-state index in [2.05, 4.69) is 19.1 Å². The molecule has 0 spiro atoms. The van der Waals surface area contributed by atoms with Crippen LogP contribution >= 0.6 is 0 Å². The van der Waals surface area contributed by atoms with Gasteiger partial charge in [0.1, 0.15) is 13.2 Å². The Kier molecular flexibility index (Phi) is 54.2. The molecule has 73 heavy (non-hydrogen) atoms. The van der Waals surface area contributed by atoms with Crippen molar-refractivity contribution in [3.8, 4) is 0 Å². The van der Waals surface area contributed by atoms with E-state index in [0.29, 0.717) is 6.42 Å². The molecule has 0 bridgehead atoms. The third-order valence-electron chi connectivity index (χ3n) is 16.5. The smallest absolute Gasteiger partial charge is 0.309 e. The van der Waals surface area contributed by atoms with Gasteiger partial charge in [-0.15, -0.1) is 0 Å². The van der Waals surface area contributed by atoms with E-state index in [-0.39, 0.29) is 19.6 Å². The maximum absolute atomic E-state index is 12.5. The predicted molar refractivity (Wildman–Crippen MR) is 315 cm³/mol. The quantitative estimate of drug-likeness (QED) is 0.0358. The number of allylic oxidation sites excluding steroid dienone is 2. The van der Waals surface area contributed by atoms with Gasteiger partial charge in [0.15, 0.2) is 0 Å². The summed E-state index contributed by atoms with van der Waals surface area (Å²) in [6.07, 6.45) is 81.7. The van der Waals surface area contributed by atoms with E-state index in [0.717, 1.165) is 19.3 Å². The molecule has 2 N–H and O–H groups in total. The number of esters is 2. The Hall–Kier alpha value is -1.40. The summed E-state index contributed by atoms with van der Waals surface area (Å²) in [4.78, 5) is 24.7. The number of unbranched alkanes of at least 4 members (excludes halogenated alkanes) is 52. The Morgan fingerprint density at radius 2 is 0.589 bits per heavy atom. The Morgan fingerprint density at radius 1 is 0.356 bits per heavy atom. The zero-order valence-corrected chi connectivity index (χ0v) is 49.2. The second-order valence-electron chi connectivity index (χ2n) is 23.9. The molecule has 1 fully saturated rings. The van der Waals surface area contributed by atoms with Gasteiger partial charge < -0.3 is 19.7 Å². The molecule has 0 radical (unpaired) electrons. The highest BCUT2D eigenvalue weighted by atomic mass is 16.6. The Morgan fingerprint density at radius 3 is 0.849 bits per heavy atom. The molecule has 0 aromatic heterocycles. The molecule has 0 aromatic carbocycles. The number of aliphatic hydroxyl groups is 2. The fourth-order valence-corrected chi connectivity index (χ4v) is 11.1. The molecule has 1 unspecified atom stereocenters. The largest absolute Gasteiger partial charge is 0.465 e. The number of rotatable bonds is 58. The average molecular weight is 1030 g/mol. The number of cyclic esters (lactones) is 2. The van der Waals surface area contributed by atoms with Crippen LogP contribution < -0.4 is 0 Å². The molecule has 0 aromatic rings. The van der Waals surface area contributed by atoms with Crippen LogP contribution in [0.5, 0.6) is 0 Å². The predicted octanol–water partition coefficient (Wildman–Crippen LogP) is 21.1. The second-order valence-corrected chi connectivity index (χ2v) is 23.9. The SMILES string of the molecule is CCCCCCCCCCCCCCCCCCCCCCCCCCCCCCCCCCCCCCCCCCCCC/C=C/CCCCCCCCCCCC1CC(=O)OCC(CO)(CO)COC1=O. The van der Waals surface area contributed by atoms with Crippen molar-refractivity contribution in [1.82, 2.24) is 0 Å². The van der Waals surface area contributed by atoms with E-state index < -0.39 is 36.5 Å². The van der Waals surface area contributed by atoms with Gasteiger partial charge in [-0.25, -0.2) is 0 Å². The molecule has 0 saturated carbocycles. The monoisotopic (exact) mass is 1030 g/mol. The number of hydrogen-bond acceptors (Lipinski definition) is 6. The van der Waals surface area contributed by atoms with Crippen LogP contribution in [0, 0.1) is 11.3 Å². The lowest BCUT2D eigenvalue weighted by atomic mass is 9.92. The molecule has 1 aliphatic rings. The van der Waals surface area contributed by atoms with Crippen LogP contribution in [-0.4, -0.2) is 48.6 Å². The highest BCUT2D eigenvalue weighted by Crippen LogP contribution is 2.25. The lowest BCUT2D eigenvalue weighted by Gasteiger charge is -2.27. The molecular formula is C67H128O6. The first-order valence-electron chi connectivity index (χ1n) is 33.3. The average Bonchev–Trinajstić information content (AvgIpc) is 3.46. The fraction of sp³-hybridized carbons (Fsp3) is 0.940. The molecule has 432 valence electrons. The molecule has 0 amide bonds. The van der Waals surface area contributed by atoms with Crippen molar-refractivity contribution >= 4 is 11.9 Å². The van der Waals surface area contributed by atoms with Crippen LogP contribution in [0.1, 0.15) is 366 Å². The van der Waals surface area contributed by atoms with Crippen molar-refractivity contribution in [3.05, 3.63) is 12.2 Å². The van der Waals surface area contributed by atoms with Crippen molar-refractivity contribution in [2.24, 2.45) is 11.3 Å². The summed E-state index contributed by atoms with van der Waals surface area (Å²) in [5.74, 6) is -1.41. The summed E-state index contributed by atoms with van der Waals surface area (Å²) < 4.78 is 10.6. The first kappa shape index (κ1) is 69.6. The molecule has 1 atom stereocenters. The standard InChI is InChI=1S/C67H128O6/c1-2-3-4-5-6-7-8-9-10-11-12-13-14-15-16-17-18-19-20-21-22-23-24-25-26-27-28-29-30-31-32-33-34-35-36-37-38-39-40-41-42-43-44-45-46-47-48-49-50-51-52-53-54-55-56-57-58-64-59-65(70)72-62-67(60-68,61-69)63-73-66(64)71/h46-47,64,68-69H,2-45,48-63H2,1H3/b47-46+. The van der Waals surface area contributed by atoms with E-state index in [1.165, 1.54) is 327 Å². The van der Waals surface area contributed by atoms with Crippen LogP contribution in [-0.2, 0) is 19.1 Å². The van der Waals surface area contributed by atoms with Crippen molar-refractivity contribution < 1.29 is 29.3 Å². The first-order chi connectivity index (χ1) is 36.1. The lowest BCUT2D eigenvalue weighted by molar-refractivity contribution is -0.155. The zero-order chi connectivity index (χ0) is 52.5. The molecule has 1 aliphatic heterocycles. The van der Waals surface area contributed by atoms with Crippen LogP contribution in [0.15, 0.2) is 12.2 Å². The molecule has 0 aliphatic carbocycles.